The largest absolute Gasteiger partial charge is 0.454 e. The third kappa shape index (κ3) is 7.26. The summed E-state index contributed by atoms with van der Waals surface area (Å²) in [5.74, 6) is -1.80. The van der Waals surface area contributed by atoms with Crippen molar-refractivity contribution in [3.8, 4) is 0 Å². The molecule has 1 aromatic rings. The molecule has 2 nitrogen and oxygen atoms in total. The van der Waals surface area contributed by atoms with Crippen molar-refractivity contribution in [1.82, 2.24) is 0 Å². The van der Waals surface area contributed by atoms with Crippen molar-refractivity contribution in [1.29, 1.82) is 0 Å². The van der Waals surface area contributed by atoms with Gasteiger partial charge >= 0.3 is 6.18 Å². The molecule has 1 aromatic carbocycles. The van der Waals surface area contributed by atoms with Gasteiger partial charge in [0.2, 0.25) is 0 Å². The summed E-state index contributed by atoms with van der Waals surface area (Å²) >= 11 is 0. The van der Waals surface area contributed by atoms with Crippen LogP contribution in [0.4, 0.5) is 13.2 Å². The van der Waals surface area contributed by atoms with Gasteiger partial charge in [-0.1, -0.05) is 58.4 Å². The number of ketones is 1. The maximum Gasteiger partial charge on any atom is 0.454 e. The van der Waals surface area contributed by atoms with E-state index in [1.54, 1.807) is 0 Å². The average Bonchev–Trinajstić information content (AvgIpc) is 2.57. The van der Waals surface area contributed by atoms with Gasteiger partial charge < -0.3 is 0 Å². The van der Waals surface area contributed by atoms with Gasteiger partial charge in [-0.05, 0) is 71.8 Å². The Morgan fingerprint density at radius 2 is 1.57 bits per heavy atom. The van der Waals surface area contributed by atoms with Crippen LogP contribution in [0.5, 0.6) is 0 Å². The lowest BCUT2D eigenvalue weighted by Gasteiger charge is -2.27. The monoisotopic (exact) mass is 420 g/mol. The number of rotatable bonds is 7. The van der Waals surface area contributed by atoms with Crippen molar-refractivity contribution in [3.05, 3.63) is 58.2 Å². The van der Waals surface area contributed by atoms with E-state index in [1.165, 1.54) is 12.1 Å². The molecule has 0 saturated heterocycles. The van der Waals surface area contributed by atoms with Gasteiger partial charge in [0.1, 0.15) is 6.29 Å². The van der Waals surface area contributed by atoms with Crippen molar-refractivity contribution >= 4 is 12.1 Å². The maximum absolute atomic E-state index is 13.1. The number of carbonyl (C=O) groups excluding carboxylic acids is 2. The van der Waals surface area contributed by atoms with Crippen LogP contribution in [-0.4, -0.2) is 18.2 Å². The summed E-state index contributed by atoms with van der Waals surface area (Å²) in [5.41, 5.74) is 2.66. The lowest BCUT2D eigenvalue weighted by molar-refractivity contribution is -0.105. The molecule has 0 fully saturated rings. The van der Waals surface area contributed by atoms with E-state index in [0.29, 0.717) is 19.3 Å². The number of benzene rings is 1. The summed E-state index contributed by atoms with van der Waals surface area (Å²) < 4.78 is 39.2. The Morgan fingerprint density at radius 3 is 2.10 bits per heavy atom. The fourth-order valence-electron chi connectivity index (χ4n) is 4.05. The molecule has 5 heteroatoms. The van der Waals surface area contributed by atoms with Crippen LogP contribution in [0.25, 0.3) is 0 Å². The summed E-state index contributed by atoms with van der Waals surface area (Å²) in [4.78, 5) is 23.0. The number of aldehydes is 1. The molecule has 164 valence electrons. The zero-order valence-electron chi connectivity index (χ0n) is 18.5. The zero-order valence-corrected chi connectivity index (χ0v) is 18.5. The van der Waals surface area contributed by atoms with Gasteiger partial charge in [-0.15, -0.1) is 0 Å². The molecule has 0 atom stereocenters. The smallest absolute Gasteiger partial charge is 0.298 e. The SMILES string of the molecule is CC(C)(C)Cc1cc(CC(C)(C)CC2=CCCC(C=O)=C2)cc(C(=O)C(F)(F)F)c1. The van der Waals surface area contributed by atoms with Gasteiger partial charge in [-0.3, -0.25) is 9.59 Å². The van der Waals surface area contributed by atoms with E-state index in [4.69, 9.17) is 0 Å². The number of hydrogen-bond donors (Lipinski definition) is 0. The summed E-state index contributed by atoms with van der Waals surface area (Å²) in [6, 6.07) is 4.67. The number of Topliss-reactive ketones (excluding diaryl/α,β-unsaturated/α-hetero) is 1. The van der Waals surface area contributed by atoms with Crippen LogP contribution in [0.1, 0.15) is 75.4 Å². The van der Waals surface area contributed by atoms with E-state index in [2.05, 4.69) is 19.9 Å². The van der Waals surface area contributed by atoms with E-state index >= 15 is 0 Å². The highest BCUT2D eigenvalue weighted by atomic mass is 19.4. The van der Waals surface area contributed by atoms with E-state index in [9.17, 15) is 22.8 Å². The van der Waals surface area contributed by atoms with E-state index in [1.807, 2.05) is 32.9 Å². The van der Waals surface area contributed by atoms with Crippen molar-refractivity contribution in [3.63, 3.8) is 0 Å². The molecule has 0 radical (unpaired) electrons. The Balaban J connectivity index is 2.33. The molecule has 1 aliphatic carbocycles. The van der Waals surface area contributed by atoms with Crippen molar-refractivity contribution in [2.75, 3.05) is 0 Å². The molecule has 0 saturated carbocycles. The third-order valence-electron chi connectivity index (χ3n) is 5.03. The number of alkyl halides is 3. The van der Waals surface area contributed by atoms with E-state index in [-0.39, 0.29) is 16.4 Å². The molecular weight excluding hydrogens is 389 g/mol. The van der Waals surface area contributed by atoms with Gasteiger partial charge in [0, 0.05) is 5.56 Å². The Kier molecular flexibility index (Phi) is 7.16. The first-order valence-electron chi connectivity index (χ1n) is 10.3. The molecule has 0 heterocycles. The normalized spacial score (nSPS) is 15.5. The molecule has 0 amide bonds. The van der Waals surface area contributed by atoms with Crippen LogP contribution >= 0.6 is 0 Å². The first-order chi connectivity index (χ1) is 13.7. The summed E-state index contributed by atoms with van der Waals surface area (Å²) in [7, 11) is 0. The average molecular weight is 421 g/mol. The van der Waals surface area contributed by atoms with Gasteiger partial charge in [0.05, 0.1) is 0 Å². The fourth-order valence-corrected chi connectivity index (χ4v) is 4.05. The summed E-state index contributed by atoms with van der Waals surface area (Å²) in [6.07, 6.45) is 3.39. The number of hydrogen-bond acceptors (Lipinski definition) is 2. The van der Waals surface area contributed by atoms with Crippen molar-refractivity contribution < 1.29 is 22.8 Å². The Labute approximate surface area is 177 Å². The first-order valence-corrected chi connectivity index (χ1v) is 10.3. The minimum absolute atomic E-state index is 0.115. The highest BCUT2D eigenvalue weighted by molar-refractivity contribution is 6.00. The molecule has 30 heavy (non-hydrogen) atoms. The van der Waals surface area contributed by atoms with Crippen LogP contribution in [0.2, 0.25) is 0 Å². The number of allylic oxidation sites excluding steroid dienone is 4. The summed E-state index contributed by atoms with van der Waals surface area (Å²) in [5, 5.41) is 0. The molecular formula is C25H31F3O2. The molecule has 0 N–H and O–H groups in total. The second-order valence-electron chi connectivity index (χ2n) is 10.3. The second kappa shape index (κ2) is 8.91. The summed E-state index contributed by atoms with van der Waals surface area (Å²) in [6.45, 7) is 10.2. The topological polar surface area (TPSA) is 34.1 Å². The predicted molar refractivity (Wildman–Crippen MR) is 114 cm³/mol. The second-order valence-corrected chi connectivity index (χ2v) is 10.3. The Morgan fingerprint density at radius 1 is 0.967 bits per heavy atom. The van der Waals surface area contributed by atoms with Gasteiger partial charge in [0.15, 0.2) is 0 Å². The molecule has 0 aliphatic heterocycles. The van der Waals surface area contributed by atoms with Crippen LogP contribution in [0.3, 0.4) is 0 Å². The minimum atomic E-state index is -4.89. The lowest BCUT2D eigenvalue weighted by atomic mass is 9.77. The van der Waals surface area contributed by atoms with Gasteiger partial charge in [-0.25, -0.2) is 0 Å². The highest BCUT2D eigenvalue weighted by Gasteiger charge is 2.39. The van der Waals surface area contributed by atoms with Crippen molar-refractivity contribution in [2.24, 2.45) is 10.8 Å². The van der Waals surface area contributed by atoms with Crippen LogP contribution in [-0.2, 0) is 17.6 Å². The lowest BCUT2D eigenvalue weighted by Crippen LogP contribution is -2.24. The molecule has 1 aliphatic rings. The molecule has 2 rings (SSSR count). The zero-order chi connectivity index (χ0) is 22.7. The van der Waals surface area contributed by atoms with Crippen LogP contribution in [0.15, 0.2) is 41.5 Å². The van der Waals surface area contributed by atoms with E-state index in [0.717, 1.165) is 41.4 Å². The number of halogens is 3. The van der Waals surface area contributed by atoms with Crippen LogP contribution < -0.4 is 0 Å². The fraction of sp³-hybridized carbons (Fsp3) is 0.520. The number of carbonyl (C=O) groups is 2. The van der Waals surface area contributed by atoms with E-state index < -0.39 is 12.0 Å². The quantitative estimate of drug-likeness (QED) is 0.358. The Bertz CT molecular complexity index is 865. The van der Waals surface area contributed by atoms with Crippen molar-refractivity contribution in [2.45, 2.75) is 72.9 Å². The molecule has 0 bridgehead atoms. The molecule has 0 unspecified atom stereocenters. The minimum Gasteiger partial charge on any atom is -0.298 e. The standard InChI is InChI=1S/C25H31F3O2/c1-23(2,3)13-19-10-20(12-21(11-19)22(30)25(26,27)28)15-24(4,5)14-17-7-6-8-18(9-17)16-29/h7,9-12,16H,6,8,13-15H2,1-5H3. The first kappa shape index (κ1) is 24.1. The van der Waals surface area contributed by atoms with Gasteiger partial charge in [-0.2, -0.15) is 13.2 Å². The third-order valence-corrected chi connectivity index (χ3v) is 5.03. The van der Waals surface area contributed by atoms with Gasteiger partial charge in [0.25, 0.3) is 5.78 Å². The predicted octanol–water partition coefficient (Wildman–Crippen LogP) is 6.82. The molecule has 0 spiro atoms. The van der Waals surface area contributed by atoms with Crippen LogP contribution in [0, 0.1) is 10.8 Å². The Hall–Kier alpha value is -2.17. The highest BCUT2D eigenvalue weighted by Crippen LogP contribution is 2.34. The maximum atomic E-state index is 13.1. The molecule has 0 aromatic heterocycles.